The number of rotatable bonds is 6. The Labute approximate surface area is 112 Å². The SMILES string of the molecule is CCS(=O)(=O)CCNC(=O)N[C@H]1CC[C@@H](C(=O)O)C1. The Kier molecular flexibility index (Phi) is 5.59. The molecule has 0 aromatic rings. The van der Waals surface area contributed by atoms with Crippen molar-refractivity contribution in [3.05, 3.63) is 0 Å². The lowest BCUT2D eigenvalue weighted by molar-refractivity contribution is -0.141. The van der Waals surface area contributed by atoms with Crippen molar-refractivity contribution in [2.45, 2.75) is 32.2 Å². The van der Waals surface area contributed by atoms with Crippen LogP contribution in [0.4, 0.5) is 4.79 Å². The van der Waals surface area contributed by atoms with Crippen LogP contribution >= 0.6 is 0 Å². The third-order valence-electron chi connectivity index (χ3n) is 3.26. The summed E-state index contributed by atoms with van der Waals surface area (Å²) in [7, 11) is -3.08. The molecule has 3 N–H and O–H groups in total. The number of nitrogens with one attached hydrogen (secondary N) is 2. The quantitative estimate of drug-likeness (QED) is 0.636. The fraction of sp³-hybridized carbons (Fsp3) is 0.818. The van der Waals surface area contributed by atoms with Crippen molar-refractivity contribution in [1.29, 1.82) is 0 Å². The topological polar surface area (TPSA) is 113 Å². The second kappa shape index (κ2) is 6.74. The van der Waals surface area contributed by atoms with Gasteiger partial charge in [-0.15, -0.1) is 0 Å². The first-order valence-corrected chi connectivity index (χ1v) is 8.13. The molecule has 0 aromatic carbocycles. The maximum atomic E-state index is 11.5. The number of carboxylic acids is 1. The molecule has 1 rings (SSSR count). The van der Waals surface area contributed by atoms with Crippen molar-refractivity contribution < 1.29 is 23.1 Å². The van der Waals surface area contributed by atoms with Crippen LogP contribution in [-0.2, 0) is 14.6 Å². The summed E-state index contributed by atoms with van der Waals surface area (Å²) in [6.45, 7) is 1.62. The molecule has 0 saturated heterocycles. The Morgan fingerprint density at radius 2 is 2.00 bits per heavy atom. The highest BCUT2D eigenvalue weighted by molar-refractivity contribution is 7.91. The molecule has 0 unspecified atom stereocenters. The van der Waals surface area contributed by atoms with Gasteiger partial charge in [0.15, 0.2) is 9.84 Å². The van der Waals surface area contributed by atoms with Gasteiger partial charge in [-0.25, -0.2) is 13.2 Å². The van der Waals surface area contributed by atoms with E-state index in [1.807, 2.05) is 0 Å². The van der Waals surface area contributed by atoms with Gasteiger partial charge in [-0.3, -0.25) is 4.79 Å². The van der Waals surface area contributed by atoms with Crippen molar-refractivity contribution >= 4 is 21.8 Å². The lowest BCUT2D eigenvalue weighted by Gasteiger charge is -2.13. The van der Waals surface area contributed by atoms with Gasteiger partial charge >= 0.3 is 12.0 Å². The van der Waals surface area contributed by atoms with Crippen LogP contribution in [0.5, 0.6) is 0 Å². The highest BCUT2D eigenvalue weighted by Gasteiger charge is 2.30. The summed E-state index contributed by atoms with van der Waals surface area (Å²) in [5.74, 6) is -1.26. The Balaban J connectivity index is 2.24. The zero-order valence-corrected chi connectivity index (χ0v) is 11.7. The second-order valence-corrected chi connectivity index (χ2v) is 7.15. The summed E-state index contributed by atoms with van der Waals surface area (Å²) in [5.41, 5.74) is 0. The Bertz CT molecular complexity index is 434. The zero-order chi connectivity index (χ0) is 14.5. The van der Waals surface area contributed by atoms with Gasteiger partial charge in [-0.05, 0) is 19.3 Å². The first-order valence-electron chi connectivity index (χ1n) is 6.31. The minimum atomic E-state index is -3.08. The van der Waals surface area contributed by atoms with Crippen molar-refractivity contribution in [1.82, 2.24) is 10.6 Å². The van der Waals surface area contributed by atoms with Crippen molar-refractivity contribution in [3.63, 3.8) is 0 Å². The van der Waals surface area contributed by atoms with Gasteiger partial charge < -0.3 is 15.7 Å². The summed E-state index contributed by atoms with van der Waals surface area (Å²) in [6.07, 6.45) is 1.62. The summed E-state index contributed by atoms with van der Waals surface area (Å²) < 4.78 is 22.4. The molecule has 2 amide bonds. The van der Waals surface area contributed by atoms with E-state index in [1.165, 1.54) is 0 Å². The predicted molar refractivity (Wildman–Crippen MR) is 69.6 cm³/mol. The Morgan fingerprint density at radius 3 is 2.53 bits per heavy atom. The molecule has 7 nitrogen and oxygen atoms in total. The van der Waals surface area contributed by atoms with E-state index in [2.05, 4.69) is 10.6 Å². The van der Waals surface area contributed by atoms with Gasteiger partial charge in [-0.1, -0.05) is 6.92 Å². The molecule has 2 atom stereocenters. The minimum absolute atomic E-state index is 0.0548. The van der Waals surface area contributed by atoms with Crippen molar-refractivity contribution in [2.24, 2.45) is 5.92 Å². The fourth-order valence-electron chi connectivity index (χ4n) is 2.04. The first-order chi connectivity index (χ1) is 8.84. The molecule has 0 aliphatic heterocycles. The van der Waals surface area contributed by atoms with Crippen LogP contribution in [0.2, 0.25) is 0 Å². The number of carbonyl (C=O) groups is 2. The number of amides is 2. The van der Waals surface area contributed by atoms with Gasteiger partial charge in [0.2, 0.25) is 0 Å². The molecule has 19 heavy (non-hydrogen) atoms. The number of hydrogen-bond acceptors (Lipinski definition) is 4. The van der Waals surface area contributed by atoms with Crippen molar-refractivity contribution in [2.75, 3.05) is 18.1 Å². The van der Waals surface area contributed by atoms with E-state index in [9.17, 15) is 18.0 Å². The molecular formula is C11H20N2O5S. The molecule has 1 fully saturated rings. The standard InChI is InChI=1S/C11H20N2O5S/c1-2-19(17,18)6-5-12-11(16)13-9-4-3-8(7-9)10(14)15/h8-9H,2-7H2,1H3,(H,14,15)(H2,12,13,16)/t8-,9+/m1/s1. The lowest BCUT2D eigenvalue weighted by Crippen LogP contribution is -2.42. The number of aliphatic carboxylic acids is 1. The monoisotopic (exact) mass is 292 g/mol. The van der Waals surface area contributed by atoms with Crippen LogP contribution in [0, 0.1) is 5.92 Å². The van der Waals surface area contributed by atoms with Gasteiger partial charge in [0.05, 0.1) is 11.7 Å². The number of urea groups is 1. The van der Waals surface area contributed by atoms with E-state index in [4.69, 9.17) is 5.11 Å². The second-order valence-electron chi connectivity index (χ2n) is 4.68. The van der Waals surface area contributed by atoms with Crippen LogP contribution in [0.1, 0.15) is 26.2 Å². The third kappa shape index (κ3) is 5.46. The van der Waals surface area contributed by atoms with Gasteiger partial charge in [-0.2, -0.15) is 0 Å². The number of sulfone groups is 1. The Morgan fingerprint density at radius 1 is 1.32 bits per heavy atom. The number of hydrogen-bond donors (Lipinski definition) is 3. The summed E-state index contributed by atoms with van der Waals surface area (Å²) in [5, 5.41) is 14.0. The van der Waals surface area contributed by atoms with E-state index < -0.39 is 27.8 Å². The number of carboxylic acid groups (broad SMARTS) is 1. The van der Waals surface area contributed by atoms with Gasteiger partial charge in [0.1, 0.15) is 0 Å². The highest BCUT2D eigenvalue weighted by Crippen LogP contribution is 2.25. The van der Waals surface area contributed by atoms with Crippen molar-refractivity contribution in [3.8, 4) is 0 Å². The van der Waals surface area contributed by atoms with Crippen LogP contribution in [0.15, 0.2) is 0 Å². The molecule has 1 aliphatic carbocycles. The molecule has 0 radical (unpaired) electrons. The zero-order valence-electron chi connectivity index (χ0n) is 10.9. The van der Waals surface area contributed by atoms with Crippen LogP contribution in [0.25, 0.3) is 0 Å². The molecule has 0 heterocycles. The predicted octanol–water partition coefficient (Wildman–Crippen LogP) is -0.0264. The van der Waals surface area contributed by atoms with E-state index in [0.29, 0.717) is 19.3 Å². The summed E-state index contributed by atoms with van der Waals surface area (Å²) in [4.78, 5) is 22.2. The van der Waals surface area contributed by atoms with Crippen LogP contribution in [0.3, 0.4) is 0 Å². The van der Waals surface area contributed by atoms with Crippen LogP contribution < -0.4 is 10.6 Å². The first kappa shape index (κ1) is 15.7. The normalized spacial score (nSPS) is 23.0. The molecule has 0 bridgehead atoms. The van der Waals surface area contributed by atoms with E-state index in [1.54, 1.807) is 6.92 Å². The molecule has 1 saturated carbocycles. The van der Waals surface area contributed by atoms with Gasteiger partial charge in [0.25, 0.3) is 0 Å². The average Bonchev–Trinajstić information content (AvgIpc) is 2.77. The minimum Gasteiger partial charge on any atom is -0.481 e. The van der Waals surface area contributed by atoms with Gasteiger partial charge in [0, 0.05) is 18.3 Å². The van der Waals surface area contributed by atoms with E-state index >= 15 is 0 Å². The maximum absolute atomic E-state index is 11.5. The van der Waals surface area contributed by atoms with Crippen LogP contribution in [-0.4, -0.2) is 49.6 Å². The maximum Gasteiger partial charge on any atom is 0.315 e. The van der Waals surface area contributed by atoms with E-state index in [-0.39, 0.29) is 24.1 Å². The summed E-state index contributed by atoms with van der Waals surface area (Å²) in [6, 6.07) is -0.591. The fourth-order valence-corrected chi connectivity index (χ4v) is 2.74. The molecule has 1 aliphatic rings. The summed E-state index contributed by atoms with van der Waals surface area (Å²) >= 11 is 0. The lowest BCUT2D eigenvalue weighted by atomic mass is 10.1. The largest absolute Gasteiger partial charge is 0.481 e. The highest BCUT2D eigenvalue weighted by atomic mass is 32.2. The van der Waals surface area contributed by atoms with E-state index in [0.717, 1.165) is 0 Å². The smallest absolute Gasteiger partial charge is 0.315 e. The molecule has 0 spiro atoms. The molecule has 8 heteroatoms. The molecular weight excluding hydrogens is 272 g/mol. The average molecular weight is 292 g/mol. The Hall–Kier alpha value is -1.31. The third-order valence-corrected chi connectivity index (χ3v) is 4.96. The molecule has 0 aromatic heterocycles. The number of carbonyl (C=O) groups excluding carboxylic acids is 1. The molecule has 110 valence electrons.